The van der Waals surface area contributed by atoms with Crippen LogP contribution in [0.25, 0.3) is 0 Å². The molecule has 11 heteroatoms. The predicted molar refractivity (Wildman–Crippen MR) is 131 cm³/mol. The number of alkyl halides is 3. The highest BCUT2D eigenvalue weighted by Gasteiger charge is 2.41. The van der Waals surface area contributed by atoms with Crippen LogP contribution in [0.2, 0.25) is 0 Å². The molecule has 0 spiro atoms. The molecule has 1 aliphatic carbocycles. The zero-order chi connectivity index (χ0) is 27.6. The molecule has 38 heavy (non-hydrogen) atoms. The van der Waals surface area contributed by atoms with Crippen LogP contribution >= 0.6 is 0 Å². The number of aryl methyl sites for hydroxylation is 1. The van der Waals surface area contributed by atoms with Crippen molar-refractivity contribution in [3.05, 3.63) is 65.0 Å². The molecule has 0 bridgehead atoms. The number of para-hydroxylation sites is 1. The minimum Gasteiger partial charge on any atom is -0.481 e. The highest BCUT2D eigenvalue weighted by Crippen LogP contribution is 2.39. The number of anilines is 1. The van der Waals surface area contributed by atoms with E-state index < -0.39 is 60.6 Å². The van der Waals surface area contributed by atoms with Crippen molar-refractivity contribution < 1.29 is 37.1 Å². The van der Waals surface area contributed by atoms with Crippen LogP contribution in [0.3, 0.4) is 0 Å². The number of carbonyl (C=O) groups excluding carboxylic acids is 2. The van der Waals surface area contributed by atoms with Crippen LogP contribution in [-0.2, 0) is 14.4 Å². The van der Waals surface area contributed by atoms with E-state index in [1.165, 1.54) is 6.07 Å². The summed E-state index contributed by atoms with van der Waals surface area (Å²) >= 11 is 0. The molecule has 2 unspecified atom stereocenters. The van der Waals surface area contributed by atoms with Gasteiger partial charge in [-0.25, -0.2) is 9.38 Å². The molecule has 2 aromatic rings. The molecule has 0 radical (unpaired) electrons. The van der Waals surface area contributed by atoms with Crippen LogP contribution in [0, 0.1) is 30.5 Å². The SMILES string of the molecule is Cc1ccc(C2=N[C@@H](NC(=O)C(CCC(F)(F)F)C(CC3CC3)C(=O)O)C(=O)Nc3c(F)cccc32)cc1. The van der Waals surface area contributed by atoms with Crippen molar-refractivity contribution in [2.75, 3.05) is 5.32 Å². The first-order valence-corrected chi connectivity index (χ1v) is 12.3. The fraction of sp³-hybridized carbons (Fsp3) is 0.407. The normalized spacial score (nSPS) is 18.9. The third kappa shape index (κ3) is 6.56. The van der Waals surface area contributed by atoms with Crippen molar-refractivity contribution >= 4 is 29.2 Å². The zero-order valence-corrected chi connectivity index (χ0v) is 20.5. The second kappa shape index (κ2) is 10.9. The van der Waals surface area contributed by atoms with Gasteiger partial charge in [0.25, 0.3) is 5.91 Å². The number of rotatable bonds is 9. The molecule has 1 heterocycles. The summed E-state index contributed by atoms with van der Waals surface area (Å²) in [6, 6.07) is 11.1. The van der Waals surface area contributed by atoms with Gasteiger partial charge in [0.2, 0.25) is 12.1 Å². The average Bonchev–Trinajstić information content (AvgIpc) is 3.67. The molecule has 7 nitrogen and oxygen atoms in total. The van der Waals surface area contributed by atoms with E-state index in [4.69, 9.17) is 0 Å². The van der Waals surface area contributed by atoms with E-state index in [1.54, 1.807) is 30.3 Å². The largest absolute Gasteiger partial charge is 0.481 e. The summed E-state index contributed by atoms with van der Waals surface area (Å²) in [6.07, 6.45) is -6.78. The molecule has 1 fully saturated rings. The van der Waals surface area contributed by atoms with Gasteiger partial charge in [0.1, 0.15) is 5.82 Å². The van der Waals surface area contributed by atoms with Gasteiger partial charge < -0.3 is 15.7 Å². The molecular weight excluding hydrogens is 506 g/mol. The Morgan fingerprint density at radius 1 is 1.13 bits per heavy atom. The first-order valence-electron chi connectivity index (χ1n) is 12.3. The number of nitrogens with one attached hydrogen (secondary N) is 2. The number of nitrogens with zero attached hydrogens (tertiary/aromatic N) is 1. The highest BCUT2D eigenvalue weighted by molar-refractivity contribution is 6.20. The lowest BCUT2D eigenvalue weighted by Crippen LogP contribution is -2.47. The Bertz CT molecular complexity index is 1260. The van der Waals surface area contributed by atoms with Gasteiger partial charge in [0.05, 0.1) is 23.2 Å². The number of amides is 2. The first kappa shape index (κ1) is 27.3. The predicted octanol–water partition coefficient (Wildman–Crippen LogP) is 4.83. The average molecular weight is 534 g/mol. The number of carbonyl (C=O) groups is 3. The molecule has 2 aliphatic rings. The van der Waals surface area contributed by atoms with Crippen LogP contribution in [-0.4, -0.2) is 40.9 Å². The maximum absolute atomic E-state index is 14.7. The number of aliphatic carboxylic acids is 1. The quantitative estimate of drug-likeness (QED) is 0.402. The Kier molecular flexibility index (Phi) is 7.84. The van der Waals surface area contributed by atoms with Crippen molar-refractivity contribution in [2.24, 2.45) is 22.7 Å². The molecule has 202 valence electrons. The summed E-state index contributed by atoms with van der Waals surface area (Å²) in [4.78, 5) is 42.7. The van der Waals surface area contributed by atoms with E-state index in [0.717, 1.165) is 24.5 Å². The highest BCUT2D eigenvalue weighted by atomic mass is 19.4. The summed E-state index contributed by atoms with van der Waals surface area (Å²) in [5, 5.41) is 14.5. The number of hydrogen-bond acceptors (Lipinski definition) is 4. The minimum absolute atomic E-state index is 0.0297. The number of carboxylic acids is 1. The lowest BCUT2D eigenvalue weighted by molar-refractivity contribution is -0.154. The number of benzene rings is 2. The summed E-state index contributed by atoms with van der Waals surface area (Å²) in [5.74, 6) is -6.90. The third-order valence-corrected chi connectivity index (χ3v) is 6.79. The molecule has 2 aromatic carbocycles. The van der Waals surface area contributed by atoms with Crippen LogP contribution in [0.4, 0.5) is 23.2 Å². The van der Waals surface area contributed by atoms with E-state index in [-0.39, 0.29) is 29.3 Å². The number of aliphatic imine (C=N–C) groups is 1. The lowest BCUT2D eigenvalue weighted by Gasteiger charge is -2.25. The summed E-state index contributed by atoms with van der Waals surface area (Å²) < 4.78 is 53.8. The van der Waals surface area contributed by atoms with Gasteiger partial charge in [-0.1, -0.05) is 54.8 Å². The van der Waals surface area contributed by atoms with E-state index in [1.807, 2.05) is 6.92 Å². The topological polar surface area (TPSA) is 108 Å². The van der Waals surface area contributed by atoms with Crippen molar-refractivity contribution in [3.63, 3.8) is 0 Å². The van der Waals surface area contributed by atoms with Gasteiger partial charge >= 0.3 is 12.1 Å². The number of fused-ring (bicyclic) bond motifs is 1. The zero-order valence-electron chi connectivity index (χ0n) is 20.5. The van der Waals surface area contributed by atoms with Gasteiger partial charge in [-0.3, -0.25) is 14.4 Å². The second-order valence-corrected chi connectivity index (χ2v) is 9.79. The monoisotopic (exact) mass is 533 g/mol. The van der Waals surface area contributed by atoms with Crippen molar-refractivity contribution in [2.45, 2.75) is 51.4 Å². The molecule has 1 aliphatic heterocycles. The molecule has 0 saturated heterocycles. The van der Waals surface area contributed by atoms with E-state index in [0.29, 0.717) is 5.56 Å². The van der Waals surface area contributed by atoms with Crippen LogP contribution in [0.5, 0.6) is 0 Å². The molecule has 3 atom stereocenters. The Labute approximate surface area is 216 Å². The van der Waals surface area contributed by atoms with Gasteiger partial charge in [-0.15, -0.1) is 0 Å². The van der Waals surface area contributed by atoms with E-state index in [9.17, 15) is 37.1 Å². The Balaban J connectivity index is 1.69. The summed E-state index contributed by atoms with van der Waals surface area (Å²) in [5.41, 5.74) is 1.74. The molecular formula is C27H27F4N3O4. The minimum atomic E-state index is -4.60. The lowest BCUT2D eigenvalue weighted by atomic mass is 9.83. The van der Waals surface area contributed by atoms with Gasteiger partial charge in [-0.05, 0) is 31.7 Å². The fourth-order valence-corrected chi connectivity index (χ4v) is 4.56. The Morgan fingerprint density at radius 3 is 2.42 bits per heavy atom. The van der Waals surface area contributed by atoms with Gasteiger partial charge in [0, 0.05) is 17.5 Å². The molecule has 3 N–H and O–H groups in total. The third-order valence-electron chi connectivity index (χ3n) is 6.79. The maximum atomic E-state index is 14.7. The standard InChI is InChI=1S/C27H27F4N3O4/c1-14-5-9-16(10-6-14)21-18-3-2-4-20(28)22(18)33-25(36)23(32-21)34-24(35)17(11-12-27(29,30)31)19(26(37)38)13-15-7-8-15/h2-6,9-10,15,17,19,23H,7-8,11-13H2,1H3,(H,33,36)(H,34,35)(H,37,38)/t17?,19?,23-/m0/s1. The number of carboxylic acid groups (broad SMARTS) is 1. The number of hydrogen-bond donors (Lipinski definition) is 3. The molecule has 0 aromatic heterocycles. The molecule has 1 saturated carbocycles. The van der Waals surface area contributed by atoms with Crippen molar-refractivity contribution in [3.8, 4) is 0 Å². The van der Waals surface area contributed by atoms with Gasteiger partial charge in [-0.2, -0.15) is 13.2 Å². The van der Waals surface area contributed by atoms with Gasteiger partial charge in [0.15, 0.2) is 0 Å². The summed E-state index contributed by atoms with van der Waals surface area (Å²) in [6.45, 7) is 1.86. The number of benzodiazepines with no additional fused rings is 1. The molecule has 4 rings (SSSR count). The Morgan fingerprint density at radius 2 is 1.82 bits per heavy atom. The van der Waals surface area contributed by atoms with E-state index >= 15 is 0 Å². The van der Waals surface area contributed by atoms with Crippen molar-refractivity contribution in [1.29, 1.82) is 0 Å². The summed E-state index contributed by atoms with van der Waals surface area (Å²) in [7, 11) is 0. The maximum Gasteiger partial charge on any atom is 0.389 e. The van der Waals surface area contributed by atoms with Crippen LogP contribution < -0.4 is 10.6 Å². The smallest absolute Gasteiger partial charge is 0.389 e. The van der Waals surface area contributed by atoms with Crippen molar-refractivity contribution in [1.82, 2.24) is 5.32 Å². The fourth-order valence-electron chi connectivity index (χ4n) is 4.56. The van der Waals surface area contributed by atoms with Crippen LogP contribution in [0.1, 0.15) is 48.8 Å². The van der Waals surface area contributed by atoms with Crippen LogP contribution in [0.15, 0.2) is 47.5 Å². The van der Waals surface area contributed by atoms with E-state index in [2.05, 4.69) is 15.6 Å². The second-order valence-electron chi connectivity index (χ2n) is 9.79. The number of halogens is 4. The Hall–Kier alpha value is -3.76. The first-order chi connectivity index (χ1) is 17.9. The molecule has 2 amide bonds.